The Morgan fingerprint density at radius 3 is 2.11 bits per heavy atom. The third-order valence-corrected chi connectivity index (χ3v) is 2.98. The Hall–Kier alpha value is -0.900. The van der Waals surface area contributed by atoms with Crippen LogP contribution in [0, 0.1) is 0 Å². The van der Waals surface area contributed by atoms with Gasteiger partial charge in [-0.2, -0.15) is 0 Å². The molecule has 1 aromatic carbocycles. The Kier molecular flexibility index (Phi) is 5.32. The van der Waals surface area contributed by atoms with E-state index in [0.29, 0.717) is 6.61 Å². The van der Waals surface area contributed by atoms with Gasteiger partial charge in [-0.3, -0.25) is 11.3 Å². The first kappa shape index (κ1) is 15.2. The summed E-state index contributed by atoms with van der Waals surface area (Å²) in [7, 11) is 0. The monoisotopic (exact) mass is 250 g/mol. The van der Waals surface area contributed by atoms with E-state index in [0.717, 1.165) is 5.56 Å². The minimum absolute atomic E-state index is 0.0430. The van der Waals surface area contributed by atoms with Crippen LogP contribution in [-0.4, -0.2) is 12.7 Å². The molecule has 1 atom stereocenters. The van der Waals surface area contributed by atoms with Crippen LogP contribution in [0.15, 0.2) is 24.3 Å². The topological polar surface area (TPSA) is 47.3 Å². The second-order valence-corrected chi connectivity index (χ2v) is 5.97. The van der Waals surface area contributed by atoms with Crippen LogP contribution >= 0.6 is 0 Å². The normalized spacial score (nSPS) is 13.9. The minimum Gasteiger partial charge on any atom is -0.377 e. The largest absolute Gasteiger partial charge is 0.377 e. The predicted molar refractivity (Wildman–Crippen MR) is 76.3 cm³/mol. The lowest BCUT2D eigenvalue weighted by atomic mass is 9.86. The molecule has 0 heterocycles. The van der Waals surface area contributed by atoms with Crippen LogP contribution in [-0.2, 0) is 10.2 Å². The Balaban J connectivity index is 2.76. The molecule has 1 aromatic rings. The van der Waals surface area contributed by atoms with Crippen molar-refractivity contribution in [2.75, 3.05) is 6.61 Å². The Labute approximate surface area is 111 Å². The molecule has 0 fully saturated rings. The quantitative estimate of drug-likeness (QED) is 0.624. The predicted octanol–water partition coefficient (Wildman–Crippen LogP) is 2.91. The van der Waals surface area contributed by atoms with Crippen molar-refractivity contribution in [2.24, 2.45) is 5.84 Å². The van der Waals surface area contributed by atoms with Gasteiger partial charge in [-0.05, 0) is 30.4 Å². The fraction of sp³-hybridized carbons (Fsp3) is 0.600. The third-order valence-electron chi connectivity index (χ3n) is 2.98. The van der Waals surface area contributed by atoms with Gasteiger partial charge >= 0.3 is 0 Å². The number of hydrogen-bond acceptors (Lipinski definition) is 3. The molecule has 0 aliphatic heterocycles. The number of nitrogens with one attached hydrogen (secondary N) is 1. The highest BCUT2D eigenvalue weighted by Gasteiger charge is 2.15. The summed E-state index contributed by atoms with van der Waals surface area (Å²) in [6.45, 7) is 11.3. The van der Waals surface area contributed by atoms with Crippen LogP contribution < -0.4 is 11.3 Å². The molecule has 3 heteroatoms. The van der Waals surface area contributed by atoms with Crippen molar-refractivity contribution in [3.8, 4) is 0 Å². The highest BCUT2D eigenvalue weighted by atomic mass is 16.5. The van der Waals surface area contributed by atoms with E-state index in [-0.39, 0.29) is 17.6 Å². The first-order valence-corrected chi connectivity index (χ1v) is 6.52. The van der Waals surface area contributed by atoms with Gasteiger partial charge in [-0.15, -0.1) is 0 Å². The first-order valence-electron chi connectivity index (χ1n) is 6.52. The summed E-state index contributed by atoms with van der Waals surface area (Å²) in [4.78, 5) is 0. The van der Waals surface area contributed by atoms with Crippen molar-refractivity contribution in [1.82, 2.24) is 5.43 Å². The van der Waals surface area contributed by atoms with E-state index >= 15 is 0 Å². The molecule has 1 rings (SSSR count). The molecule has 0 aromatic heterocycles. The average Bonchev–Trinajstić information content (AvgIpc) is 2.29. The van der Waals surface area contributed by atoms with Gasteiger partial charge in [0.1, 0.15) is 0 Å². The zero-order valence-electron chi connectivity index (χ0n) is 12.2. The maximum absolute atomic E-state index is 5.60. The lowest BCUT2D eigenvalue weighted by molar-refractivity contribution is 0.0611. The molecule has 0 aliphatic rings. The lowest BCUT2D eigenvalue weighted by Crippen LogP contribution is -2.32. The van der Waals surface area contributed by atoms with Gasteiger partial charge in [0.25, 0.3) is 0 Å². The second-order valence-electron chi connectivity index (χ2n) is 5.97. The molecule has 0 spiro atoms. The molecule has 1 unspecified atom stereocenters. The Morgan fingerprint density at radius 1 is 1.17 bits per heavy atom. The standard InChI is InChI=1S/C15H26N2O/c1-11(2)18-10-14(17-16)12-6-8-13(9-7-12)15(3,4)5/h6-9,11,14,17H,10,16H2,1-5H3. The number of rotatable bonds is 5. The van der Waals surface area contributed by atoms with Crippen LogP contribution in [0.1, 0.15) is 51.8 Å². The number of hydrogen-bond donors (Lipinski definition) is 2. The maximum Gasteiger partial charge on any atom is 0.0694 e. The van der Waals surface area contributed by atoms with E-state index in [1.165, 1.54) is 5.56 Å². The van der Waals surface area contributed by atoms with Gasteiger partial charge in [0.2, 0.25) is 0 Å². The summed E-state index contributed by atoms with van der Waals surface area (Å²) in [5.41, 5.74) is 5.47. The molecule has 0 aliphatic carbocycles. The van der Waals surface area contributed by atoms with Crippen molar-refractivity contribution in [2.45, 2.75) is 52.2 Å². The molecule has 3 nitrogen and oxygen atoms in total. The first-order chi connectivity index (χ1) is 8.34. The van der Waals surface area contributed by atoms with Crippen LogP contribution in [0.2, 0.25) is 0 Å². The van der Waals surface area contributed by atoms with Crippen molar-refractivity contribution in [1.29, 1.82) is 0 Å². The minimum atomic E-state index is 0.0430. The van der Waals surface area contributed by atoms with Crippen LogP contribution in [0.4, 0.5) is 0 Å². The fourth-order valence-corrected chi connectivity index (χ4v) is 1.74. The summed E-state index contributed by atoms with van der Waals surface area (Å²) >= 11 is 0. The summed E-state index contributed by atoms with van der Waals surface area (Å²) < 4.78 is 5.60. The van der Waals surface area contributed by atoms with Gasteiger partial charge in [-0.25, -0.2) is 0 Å². The molecular formula is C15H26N2O. The highest BCUT2D eigenvalue weighted by molar-refractivity contribution is 5.29. The van der Waals surface area contributed by atoms with Crippen molar-refractivity contribution < 1.29 is 4.74 Å². The number of benzene rings is 1. The van der Waals surface area contributed by atoms with Crippen LogP contribution in [0.3, 0.4) is 0 Å². The van der Waals surface area contributed by atoms with Crippen molar-refractivity contribution in [3.05, 3.63) is 35.4 Å². The average molecular weight is 250 g/mol. The maximum atomic E-state index is 5.60. The molecule has 3 N–H and O–H groups in total. The molecule has 18 heavy (non-hydrogen) atoms. The van der Waals surface area contributed by atoms with Crippen LogP contribution in [0.5, 0.6) is 0 Å². The zero-order chi connectivity index (χ0) is 13.8. The van der Waals surface area contributed by atoms with E-state index in [9.17, 15) is 0 Å². The van der Waals surface area contributed by atoms with Gasteiger partial charge in [0.05, 0.1) is 18.8 Å². The summed E-state index contributed by atoms with van der Waals surface area (Å²) in [6, 6.07) is 8.61. The fourth-order valence-electron chi connectivity index (χ4n) is 1.74. The van der Waals surface area contributed by atoms with Gasteiger partial charge < -0.3 is 4.74 Å². The molecule has 102 valence electrons. The summed E-state index contributed by atoms with van der Waals surface area (Å²) in [6.07, 6.45) is 0.217. The van der Waals surface area contributed by atoms with Gasteiger partial charge in [0, 0.05) is 0 Å². The van der Waals surface area contributed by atoms with Crippen molar-refractivity contribution >= 4 is 0 Å². The number of hydrazine groups is 1. The number of nitrogens with two attached hydrogens (primary N) is 1. The van der Waals surface area contributed by atoms with Gasteiger partial charge in [0.15, 0.2) is 0 Å². The third kappa shape index (κ3) is 4.41. The molecular weight excluding hydrogens is 224 g/mol. The molecule has 0 radical (unpaired) electrons. The van der Waals surface area contributed by atoms with Crippen LogP contribution in [0.25, 0.3) is 0 Å². The van der Waals surface area contributed by atoms with E-state index in [1.807, 2.05) is 13.8 Å². The molecule has 0 saturated heterocycles. The highest BCUT2D eigenvalue weighted by Crippen LogP contribution is 2.24. The summed E-state index contributed by atoms with van der Waals surface area (Å²) in [5.74, 6) is 5.58. The van der Waals surface area contributed by atoms with E-state index in [1.54, 1.807) is 0 Å². The number of ether oxygens (including phenoxy) is 1. The second kappa shape index (κ2) is 6.32. The molecule has 0 bridgehead atoms. The molecule has 0 saturated carbocycles. The SMILES string of the molecule is CC(C)OCC(NN)c1ccc(C(C)(C)C)cc1. The molecule has 0 amide bonds. The van der Waals surface area contributed by atoms with Crippen molar-refractivity contribution in [3.63, 3.8) is 0 Å². The smallest absolute Gasteiger partial charge is 0.0694 e. The zero-order valence-corrected chi connectivity index (χ0v) is 12.2. The van der Waals surface area contributed by atoms with E-state index in [2.05, 4.69) is 50.5 Å². The Bertz CT molecular complexity index is 352. The van der Waals surface area contributed by atoms with E-state index < -0.39 is 0 Å². The van der Waals surface area contributed by atoms with E-state index in [4.69, 9.17) is 10.6 Å². The van der Waals surface area contributed by atoms with Gasteiger partial charge in [-0.1, -0.05) is 45.0 Å². The summed E-state index contributed by atoms with van der Waals surface area (Å²) in [5, 5.41) is 0. The Morgan fingerprint density at radius 2 is 1.72 bits per heavy atom. The lowest BCUT2D eigenvalue weighted by Gasteiger charge is -2.22.